The second-order valence-electron chi connectivity index (χ2n) is 6.44. The third kappa shape index (κ3) is 3.42. The number of H-pyrrole nitrogens is 1. The van der Waals surface area contributed by atoms with Crippen LogP contribution < -0.4 is 0 Å². The van der Waals surface area contributed by atoms with E-state index in [9.17, 15) is 0 Å². The lowest BCUT2D eigenvalue weighted by atomic mass is 10.2. The predicted octanol–water partition coefficient (Wildman–Crippen LogP) is 3.40. The van der Waals surface area contributed by atoms with Gasteiger partial charge in [-0.15, -0.1) is 0 Å². The Kier molecular flexibility index (Phi) is 4.74. The number of benzene rings is 1. The standard InChI is InChI=1S/C18H22ClN5O/c1-25-10-9-23-8-6-20-17(23)12-24-7-2-3-16(24)18-21-14-5-4-13(19)11-15(14)22-18/h4-6,8,11,16H,2-3,7,9-10,12H2,1H3,(H,21,22). The number of imidazole rings is 2. The molecular formula is C18H22ClN5O. The summed E-state index contributed by atoms with van der Waals surface area (Å²) in [7, 11) is 1.72. The molecule has 0 saturated carbocycles. The second-order valence-corrected chi connectivity index (χ2v) is 6.88. The first-order valence-electron chi connectivity index (χ1n) is 8.63. The molecule has 3 heterocycles. The van der Waals surface area contributed by atoms with Gasteiger partial charge < -0.3 is 14.3 Å². The minimum absolute atomic E-state index is 0.291. The van der Waals surface area contributed by atoms with Crippen LogP contribution in [0.1, 0.15) is 30.5 Å². The van der Waals surface area contributed by atoms with Crippen molar-refractivity contribution in [2.24, 2.45) is 0 Å². The molecule has 1 atom stereocenters. The van der Waals surface area contributed by atoms with Gasteiger partial charge in [-0.2, -0.15) is 0 Å². The number of hydrogen-bond donors (Lipinski definition) is 1. The number of rotatable bonds is 6. The fourth-order valence-corrected chi connectivity index (χ4v) is 3.72. The molecule has 0 bridgehead atoms. The van der Waals surface area contributed by atoms with Crippen LogP contribution in [0, 0.1) is 0 Å². The molecule has 1 aliphatic rings. The number of nitrogens with zero attached hydrogens (tertiary/aromatic N) is 4. The second kappa shape index (κ2) is 7.15. The van der Waals surface area contributed by atoms with E-state index in [2.05, 4.69) is 19.4 Å². The summed E-state index contributed by atoms with van der Waals surface area (Å²) >= 11 is 6.09. The van der Waals surface area contributed by atoms with E-state index in [0.717, 1.165) is 53.8 Å². The summed E-state index contributed by atoms with van der Waals surface area (Å²) < 4.78 is 7.35. The van der Waals surface area contributed by atoms with E-state index in [0.29, 0.717) is 12.6 Å². The molecule has 3 aromatic rings. The maximum Gasteiger partial charge on any atom is 0.124 e. The van der Waals surface area contributed by atoms with Crippen LogP contribution in [-0.4, -0.2) is 44.7 Å². The van der Waals surface area contributed by atoms with Gasteiger partial charge in [-0.05, 0) is 37.6 Å². The number of likely N-dealkylation sites (tertiary alicyclic amines) is 1. The molecule has 1 unspecified atom stereocenters. The molecule has 1 aliphatic heterocycles. The first kappa shape index (κ1) is 16.6. The Bertz CT molecular complexity index is 858. The van der Waals surface area contributed by atoms with Crippen molar-refractivity contribution < 1.29 is 4.74 Å². The number of ether oxygens (including phenoxy) is 1. The van der Waals surface area contributed by atoms with Gasteiger partial charge in [-0.3, -0.25) is 4.90 Å². The zero-order valence-electron chi connectivity index (χ0n) is 14.3. The van der Waals surface area contributed by atoms with Gasteiger partial charge in [0, 0.05) is 31.1 Å². The highest BCUT2D eigenvalue weighted by molar-refractivity contribution is 6.31. The molecule has 1 aromatic carbocycles. The molecular weight excluding hydrogens is 338 g/mol. The van der Waals surface area contributed by atoms with Crippen LogP contribution in [0.3, 0.4) is 0 Å². The van der Waals surface area contributed by atoms with E-state index in [-0.39, 0.29) is 0 Å². The molecule has 0 spiro atoms. The molecule has 7 heteroatoms. The number of fused-ring (bicyclic) bond motifs is 1. The van der Waals surface area contributed by atoms with E-state index >= 15 is 0 Å². The van der Waals surface area contributed by atoms with Crippen molar-refractivity contribution >= 4 is 22.6 Å². The topological polar surface area (TPSA) is 59.0 Å². The largest absolute Gasteiger partial charge is 0.383 e. The van der Waals surface area contributed by atoms with Crippen molar-refractivity contribution in [3.63, 3.8) is 0 Å². The molecule has 25 heavy (non-hydrogen) atoms. The van der Waals surface area contributed by atoms with Crippen LogP contribution in [0.15, 0.2) is 30.6 Å². The molecule has 0 aliphatic carbocycles. The van der Waals surface area contributed by atoms with Gasteiger partial charge in [0.05, 0.1) is 30.2 Å². The fraction of sp³-hybridized carbons (Fsp3) is 0.444. The highest BCUT2D eigenvalue weighted by Crippen LogP contribution is 2.32. The number of aromatic nitrogens is 4. The van der Waals surface area contributed by atoms with E-state index in [4.69, 9.17) is 21.3 Å². The molecule has 132 valence electrons. The van der Waals surface area contributed by atoms with Gasteiger partial charge in [-0.25, -0.2) is 9.97 Å². The zero-order valence-corrected chi connectivity index (χ0v) is 15.0. The average Bonchev–Trinajstić information content (AvgIpc) is 3.32. The van der Waals surface area contributed by atoms with E-state index in [1.54, 1.807) is 7.11 Å². The quantitative estimate of drug-likeness (QED) is 0.732. The maximum atomic E-state index is 6.09. The number of halogens is 1. The van der Waals surface area contributed by atoms with Crippen molar-refractivity contribution in [1.82, 2.24) is 24.4 Å². The van der Waals surface area contributed by atoms with Crippen molar-refractivity contribution in [3.8, 4) is 0 Å². The van der Waals surface area contributed by atoms with Crippen LogP contribution in [0.5, 0.6) is 0 Å². The number of methoxy groups -OCH3 is 1. The summed E-state index contributed by atoms with van der Waals surface area (Å²) in [6.07, 6.45) is 6.15. The molecule has 1 saturated heterocycles. The lowest BCUT2D eigenvalue weighted by Gasteiger charge is -2.22. The maximum absolute atomic E-state index is 6.09. The summed E-state index contributed by atoms with van der Waals surface area (Å²) in [6, 6.07) is 6.07. The van der Waals surface area contributed by atoms with Crippen molar-refractivity contribution in [2.75, 3.05) is 20.3 Å². The van der Waals surface area contributed by atoms with E-state index in [1.807, 2.05) is 30.6 Å². The highest BCUT2D eigenvalue weighted by Gasteiger charge is 2.29. The van der Waals surface area contributed by atoms with Gasteiger partial charge >= 0.3 is 0 Å². The van der Waals surface area contributed by atoms with E-state index < -0.39 is 0 Å². The first-order valence-corrected chi connectivity index (χ1v) is 9.00. The summed E-state index contributed by atoms with van der Waals surface area (Å²) in [5, 5.41) is 0.728. The minimum Gasteiger partial charge on any atom is -0.383 e. The van der Waals surface area contributed by atoms with Gasteiger partial charge in [0.15, 0.2) is 0 Å². The lowest BCUT2D eigenvalue weighted by Crippen LogP contribution is -2.25. The first-order chi connectivity index (χ1) is 12.2. The Labute approximate surface area is 151 Å². The summed E-state index contributed by atoms with van der Waals surface area (Å²) in [6.45, 7) is 3.39. The van der Waals surface area contributed by atoms with Crippen molar-refractivity contribution in [3.05, 3.63) is 47.3 Å². The van der Waals surface area contributed by atoms with Crippen molar-refractivity contribution in [1.29, 1.82) is 0 Å². The van der Waals surface area contributed by atoms with Crippen LogP contribution in [-0.2, 0) is 17.8 Å². The van der Waals surface area contributed by atoms with Crippen LogP contribution in [0.25, 0.3) is 11.0 Å². The Morgan fingerprint density at radius 1 is 1.40 bits per heavy atom. The number of aromatic amines is 1. The number of nitrogens with one attached hydrogen (secondary N) is 1. The Hall–Kier alpha value is -1.89. The van der Waals surface area contributed by atoms with Gasteiger partial charge in [0.1, 0.15) is 11.6 Å². The molecule has 6 nitrogen and oxygen atoms in total. The van der Waals surface area contributed by atoms with Crippen LogP contribution in [0.2, 0.25) is 5.02 Å². The zero-order chi connectivity index (χ0) is 17.2. The molecule has 0 radical (unpaired) electrons. The molecule has 0 amide bonds. The summed E-state index contributed by atoms with van der Waals surface area (Å²) in [5.41, 5.74) is 1.96. The number of hydrogen-bond acceptors (Lipinski definition) is 4. The van der Waals surface area contributed by atoms with Crippen molar-refractivity contribution in [2.45, 2.75) is 32.0 Å². The van der Waals surface area contributed by atoms with Crippen LogP contribution in [0.4, 0.5) is 0 Å². The molecule has 4 rings (SSSR count). The normalized spacial score (nSPS) is 18.4. The average molecular weight is 360 g/mol. The smallest absolute Gasteiger partial charge is 0.124 e. The van der Waals surface area contributed by atoms with Gasteiger partial charge in [-0.1, -0.05) is 11.6 Å². The molecule has 1 N–H and O–H groups in total. The van der Waals surface area contributed by atoms with E-state index in [1.165, 1.54) is 6.42 Å². The summed E-state index contributed by atoms with van der Waals surface area (Å²) in [5.74, 6) is 2.09. The predicted molar refractivity (Wildman–Crippen MR) is 97.6 cm³/mol. The third-order valence-corrected chi connectivity index (χ3v) is 5.06. The minimum atomic E-state index is 0.291. The van der Waals surface area contributed by atoms with Gasteiger partial charge in [0.25, 0.3) is 0 Å². The Balaban J connectivity index is 1.54. The van der Waals surface area contributed by atoms with Crippen LogP contribution >= 0.6 is 11.6 Å². The fourth-order valence-electron chi connectivity index (χ4n) is 3.55. The molecule has 1 fully saturated rings. The summed E-state index contributed by atoms with van der Waals surface area (Å²) in [4.78, 5) is 15.2. The van der Waals surface area contributed by atoms with Gasteiger partial charge in [0.2, 0.25) is 0 Å². The highest BCUT2D eigenvalue weighted by atomic mass is 35.5. The monoisotopic (exact) mass is 359 g/mol. The lowest BCUT2D eigenvalue weighted by molar-refractivity contribution is 0.182. The Morgan fingerprint density at radius 3 is 3.20 bits per heavy atom. The SMILES string of the molecule is COCCn1ccnc1CN1CCCC1c1nc2ccc(Cl)cc2[nH]1. The Morgan fingerprint density at radius 2 is 2.32 bits per heavy atom. The molecule has 2 aromatic heterocycles. The third-order valence-electron chi connectivity index (χ3n) is 4.82.